The van der Waals surface area contributed by atoms with Crippen molar-refractivity contribution in [2.75, 3.05) is 18.4 Å². The number of H-pyrrole nitrogens is 1. The molecule has 154 valence electrons. The number of pyridine rings is 1. The Morgan fingerprint density at radius 3 is 2.83 bits per heavy atom. The van der Waals surface area contributed by atoms with Gasteiger partial charge in [0.05, 0.1) is 5.69 Å². The maximum atomic E-state index is 12.2. The van der Waals surface area contributed by atoms with E-state index in [1.807, 2.05) is 36.4 Å². The molecule has 0 spiro atoms. The summed E-state index contributed by atoms with van der Waals surface area (Å²) in [7, 11) is 0. The van der Waals surface area contributed by atoms with Crippen LogP contribution in [0.2, 0.25) is 0 Å². The van der Waals surface area contributed by atoms with E-state index in [2.05, 4.69) is 20.2 Å². The second-order valence-corrected chi connectivity index (χ2v) is 7.71. The van der Waals surface area contributed by atoms with Gasteiger partial charge in [0.25, 0.3) is 5.56 Å². The van der Waals surface area contributed by atoms with Gasteiger partial charge >= 0.3 is 0 Å². The number of piperidine rings is 1. The van der Waals surface area contributed by atoms with E-state index in [1.165, 1.54) is 12.5 Å². The van der Waals surface area contributed by atoms with Crippen LogP contribution in [-0.4, -0.2) is 38.8 Å². The van der Waals surface area contributed by atoms with Gasteiger partial charge in [-0.15, -0.1) is 0 Å². The van der Waals surface area contributed by atoms with E-state index >= 15 is 0 Å². The third-order valence-electron chi connectivity index (χ3n) is 5.30. The van der Waals surface area contributed by atoms with Gasteiger partial charge in [0.15, 0.2) is 0 Å². The standard InChI is InChI=1S/C23H25N5O2/c1-16(29)25-20-8-6-17(7-9-20)14-28-11-3-5-19(15-28)21-12-22(30)27-23(26-21)18-4-2-10-24-13-18/h2,4,6-10,12-13,19H,3,5,11,14-15H2,1H3,(H,25,29)(H,26,27,30). The summed E-state index contributed by atoms with van der Waals surface area (Å²) in [5, 5.41) is 2.79. The topological polar surface area (TPSA) is 91.0 Å². The zero-order chi connectivity index (χ0) is 20.9. The van der Waals surface area contributed by atoms with Crippen LogP contribution in [0.1, 0.15) is 36.9 Å². The summed E-state index contributed by atoms with van der Waals surface area (Å²) < 4.78 is 0. The van der Waals surface area contributed by atoms with Crippen molar-refractivity contribution in [3.63, 3.8) is 0 Å². The van der Waals surface area contributed by atoms with Gasteiger partial charge in [0.1, 0.15) is 5.82 Å². The molecule has 1 fully saturated rings. The number of carbonyl (C=O) groups excluding carboxylic acids is 1. The van der Waals surface area contributed by atoms with Crippen molar-refractivity contribution in [1.82, 2.24) is 19.9 Å². The van der Waals surface area contributed by atoms with Crippen LogP contribution in [0.3, 0.4) is 0 Å². The van der Waals surface area contributed by atoms with E-state index < -0.39 is 0 Å². The van der Waals surface area contributed by atoms with E-state index in [9.17, 15) is 9.59 Å². The molecule has 2 aromatic heterocycles. The fraction of sp³-hybridized carbons (Fsp3) is 0.304. The van der Waals surface area contributed by atoms with Crippen LogP contribution in [0.5, 0.6) is 0 Å². The molecule has 7 nitrogen and oxygen atoms in total. The molecule has 3 heterocycles. The van der Waals surface area contributed by atoms with Gasteiger partial charge in [0, 0.05) is 55.6 Å². The molecule has 1 aliphatic rings. The number of carbonyl (C=O) groups is 1. The SMILES string of the molecule is CC(=O)Nc1ccc(CN2CCCC(c3cc(=O)[nH]c(-c4cccnc4)n3)C2)cc1. The van der Waals surface area contributed by atoms with Crippen molar-refractivity contribution in [3.05, 3.63) is 76.5 Å². The highest BCUT2D eigenvalue weighted by molar-refractivity contribution is 5.88. The van der Waals surface area contributed by atoms with Crippen molar-refractivity contribution >= 4 is 11.6 Å². The quantitative estimate of drug-likeness (QED) is 0.683. The Labute approximate surface area is 175 Å². The number of aromatic nitrogens is 3. The molecule has 1 aromatic carbocycles. The van der Waals surface area contributed by atoms with Crippen molar-refractivity contribution < 1.29 is 4.79 Å². The maximum absolute atomic E-state index is 12.2. The molecule has 0 saturated carbocycles. The molecule has 2 N–H and O–H groups in total. The number of hydrogen-bond donors (Lipinski definition) is 2. The Balaban J connectivity index is 1.47. The zero-order valence-electron chi connectivity index (χ0n) is 17.0. The molecule has 1 atom stereocenters. The number of nitrogens with zero attached hydrogens (tertiary/aromatic N) is 3. The molecule has 0 aliphatic carbocycles. The van der Waals surface area contributed by atoms with Crippen molar-refractivity contribution in [2.45, 2.75) is 32.2 Å². The monoisotopic (exact) mass is 403 g/mol. The minimum absolute atomic E-state index is 0.0716. The second-order valence-electron chi connectivity index (χ2n) is 7.71. The highest BCUT2D eigenvalue weighted by Crippen LogP contribution is 2.27. The van der Waals surface area contributed by atoms with Gasteiger partial charge in [-0.25, -0.2) is 4.98 Å². The number of aromatic amines is 1. The number of benzene rings is 1. The van der Waals surface area contributed by atoms with E-state index in [-0.39, 0.29) is 17.4 Å². The van der Waals surface area contributed by atoms with E-state index in [0.29, 0.717) is 5.82 Å². The highest BCUT2D eigenvalue weighted by atomic mass is 16.1. The van der Waals surface area contributed by atoms with E-state index in [4.69, 9.17) is 4.98 Å². The summed E-state index contributed by atoms with van der Waals surface area (Å²) in [6.07, 6.45) is 5.49. The highest BCUT2D eigenvalue weighted by Gasteiger charge is 2.23. The Morgan fingerprint density at radius 2 is 2.10 bits per heavy atom. The normalized spacial score (nSPS) is 16.9. The van der Waals surface area contributed by atoms with Gasteiger partial charge in [-0.05, 0) is 49.2 Å². The molecule has 0 bridgehead atoms. The van der Waals surface area contributed by atoms with Crippen LogP contribution in [0.25, 0.3) is 11.4 Å². The summed E-state index contributed by atoms with van der Waals surface area (Å²) in [6, 6.07) is 13.3. The van der Waals surface area contributed by atoms with E-state index in [1.54, 1.807) is 18.5 Å². The number of likely N-dealkylation sites (tertiary alicyclic amines) is 1. The third kappa shape index (κ3) is 4.99. The number of rotatable bonds is 5. The number of nitrogens with one attached hydrogen (secondary N) is 2. The summed E-state index contributed by atoms with van der Waals surface area (Å²) in [5.74, 6) is 0.712. The molecule has 3 aromatic rings. The predicted molar refractivity (Wildman–Crippen MR) is 116 cm³/mol. The minimum atomic E-state index is -0.135. The minimum Gasteiger partial charge on any atom is -0.326 e. The van der Waals surface area contributed by atoms with Crippen LogP contribution in [0.15, 0.2) is 59.7 Å². The molecule has 4 rings (SSSR count). The molecule has 0 radical (unpaired) electrons. The average molecular weight is 403 g/mol. The van der Waals surface area contributed by atoms with Crippen LogP contribution in [0.4, 0.5) is 5.69 Å². The summed E-state index contributed by atoms with van der Waals surface area (Å²) in [6.45, 7) is 4.21. The van der Waals surface area contributed by atoms with Gasteiger partial charge in [-0.2, -0.15) is 0 Å². The predicted octanol–water partition coefficient (Wildman–Crippen LogP) is 3.17. The Morgan fingerprint density at radius 1 is 1.27 bits per heavy atom. The molecule has 7 heteroatoms. The first-order valence-corrected chi connectivity index (χ1v) is 10.2. The lowest BCUT2D eigenvalue weighted by atomic mass is 9.94. The largest absolute Gasteiger partial charge is 0.326 e. The summed E-state index contributed by atoms with van der Waals surface area (Å²) >= 11 is 0. The maximum Gasteiger partial charge on any atom is 0.251 e. The number of anilines is 1. The summed E-state index contributed by atoms with van der Waals surface area (Å²) in [4.78, 5) is 37.5. The fourth-order valence-electron chi connectivity index (χ4n) is 3.92. The van der Waals surface area contributed by atoms with Crippen molar-refractivity contribution in [3.8, 4) is 11.4 Å². The molecular formula is C23H25N5O2. The van der Waals surface area contributed by atoms with Crippen LogP contribution in [0, 0.1) is 0 Å². The lowest BCUT2D eigenvalue weighted by Crippen LogP contribution is -2.34. The first-order valence-electron chi connectivity index (χ1n) is 10.2. The van der Waals surface area contributed by atoms with Crippen LogP contribution < -0.4 is 10.9 Å². The van der Waals surface area contributed by atoms with Gasteiger partial charge in [0.2, 0.25) is 5.91 Å². The molecule has 1 aliphatic heterocycles. The zero-order valence-corrected chi connectivity index (χ0v) is 17.0. The lowest BCUT2D eigenvalue weighted by molar-refractivity contribution is -0.114. The molecule has 1 unspecified atom stereocenters. The van der Waals surface area contributed by atoms with Crippen LogP contribution in [-0.2, 0) is 11.3 Å². The van der Waals surface area contributed by atoms with Gasteiger partial charge in [-0.3, -0.25) is 19.5 Å². The van der Waals surface area contributed by atoms with Crippen molar-refractivity contribution in [2.24, 2.45) is 0 Å². The summed E-state index contributed by atoms with van der Waals surface area (Å²) in [5.41, 5.74) is 3.51. The molecule has 30 heavy (non-hydrogen) atoms. The second kappa shape index (κ2) is 9.00. The molecule has 1 amide bonds. The van der Waals surface area contributed by atoms with Gasteiger partial charge < -0.3 is 10.3 Å². The van der Waals surface area contributed by atoms with Crippen molar-refractivity contribution in [1.29, 1.82) is 0 Å². The molecular weight excluding hydrogens is 378 g/mol. The Hall–Kier alpha value is -3.32. The Bertz CT molecular complexity index is 1060. The fourth-order valence-corrected chi connectivity index (χ4v) is 3.92. The Kier molecular flexibility index (Phi) is 5.99. The smallest absolute Gasteiger partial charge is 0.251 e. The number of amides is 1. The first-order chi connectivity index (χ1) is 14.6. The van der Waals surface area contributed by atoms with E-state index in [0.717, 1.165) is 49.4 Å². The van der Waals surface area contributed by atoms with Gasteiger partial charge in [-0.1, -0.05) is 12.1 Å². The third-order valence-corrected chi connectivity index (χ3v) is 5.30. The first kappa shape index (κ1) is 20.0. The van der Waals surface area contributed by atoms with Crippen LogP contribution >= 0.6 is 0 Å². The number of hydrogen-bond acceptors (Lipinski definition) is 5. The average Bonchev–Trinajstić information content (AvgIpc) is 2.75. The lowest BCUT2D eigenvalue weighted by Gasteiger charge is -2.32. The molecule has 1 saturated heterocycles.